The van der Waals surface area contributed by atoms with Gasteiger partial charge >= 0.3 is 0 Å². The Kier molecular flexibility index (Phi) is 4.36. The lowest BCUT2D eigenvalue weighted by Crippen LogP contribution is -2.30. The van der Waals surface area contributed by atoms with Gasteiger partial charge in [-0.15, -0.1) is 5.10 Å². The largest absolute Gasteiger partial charge is 0.472 e. The minimum Gasteiger partial charge on any atom is -0.472 e. The fraction of sp³-hybridized carbons (Fsp3) is 0.667. The van der Waals surface area contributed by atoms with Gasteiger partial charge in [-0.2, -0.15) is 10.4 Å². The van der Waals surface area contributed by atoms with Crippen molar-refractivity contribution in [3.8, 4) is 11.9 Å². The van der Waals surface area contributed by atoms with Crippen LogP contribution in [0.4, 0.5) is 0 Å². The van der Waals surface area contributed by atoms with E-state index < -0.39 is 0 Å². The van der Waals surface area contributed by atoms with Crippen molar-refractivity contribution >= 4 is 0 Å². The molecule has 1 saturated carbocycles. The predicted molar refractivity (Wildman–Crippen MR) is 72.9 cm³/mol. The van der Waals surface area contributed by atoms with Crippen molar-refractivity contribution in [2.75, 3.05) is 0 Å². The van der Waals surface area contributed by atoms with Crippen LogP contribution in [0.3, 0.4) is 0 Å². The summed E-state index contributed by atoms with van der Waals surface area (Å²) in [5, 5.41) is 17.4. The Bertz CT molecular complexity index is 493. The van der Waals surface area contributed by atoms with Crippen molar-refractivity contribution in [2.24, 2.45) is 5.92 Å². The van der Waals surface area contributed by atoms with Crippen molar-refractivity contribution in [3.63, 3.8) is 0 Å². The fourth-order valence-corrected chi connectivity index (χ4v) is 2.74. The molecule has 0 radical (unpaired) electrons. The Balaban J connectivity index is 2.23. The molecule has 1 aromatic rings. The van der Waals surface area contributed by atoms with Crippen molar-refractivity contribution in [3.05, 3.63) is 16.8 Å². The van der Waals surface area contributed by atoms with Gasteiger partial charge in [-0.25, -0.2) is 0 Å². The van der Waals surface area contributed by atoms with Gasteiger partial charge in [-0.05, 0) is 51.0 Å². The minimum atomic E-state index is 0.183. The average molecular weight is 259 g/mol. The molecular formula is C15H21N3O. The van der Waals surface area contributed by atoms with Gasteiger partial charge in [0.05, 0.1) is 5.69 Å². The van der Waals surface area contributed by atoms with Gasteiger partial charge in [-0.3, -0.25) is 0 Å². The number of aromatic nitrogens is 2. The summed E-state index contributed by atoms with van der Waals surface area (Å²) in [7, 11) is 0. The van der Waals surface area contributed by atoms with Crippen molar-refractivity contribution in [1.82, 2.24) is 10.2 Å². The van der Waals surface area contributed by atoms with E-state index in [2.05, 4.69) is 23.2 Å². The van der Waals surface area contributed by atoms with Crippen molar-refractivity contribution in [1.29, 1.82) is 5.26 Å². The van der Waals surface area contributed by atoms with E-state index in [4.69, 9.17) is 4.74 Å². The van der Waals surface area contributed by atoms with Crippen molar-refractivity contribution < 1.29 is 4.74 Å². The molecule has 0 N–H and O–H groups in total. The van der Waals surface area contributed by atoms with Crippen LogP contribution in [0.5, 0.6) is 5.88 Å². The standard InChI is InChI=1S/C15H21N3O/c1-4-12-7-5-6-8-14(12)19-15-13(9-16)10(2)11(3)17-18-15/h12,14H,4-8H2,1-3H3. The van der Waals surface area contributed by atoms with Gasteiger partial charge in [0.25, 0.3) is 5.88 Å². The summed E-state index contributed by atoms with van der Waals surface area (Å²) >= 11 is 0. The summed E-state index contributed by atoms with van der Waals surface area (Å²) in [5.41, 5.74) is 2.20. The molecule has 102 valence electrons. The van der Waals surface area contributed by atoms with Crippen molar-refractivity contribution in [2.45, 2.75) is 59.0 Å². The second-order valence-electron chi connectivity index (χ2n) is 5.31. The second-order valence-corrected chi connectivity index (χ2v) is 5.31. The molecule has 0 aliphatic heterocycles. The van der Waals surface area contributed by atoms with E-state index in [-0.39, 0.29) is 6.10 Å². The van der Waals surface area contributed by atoms with Gasteiger partial charge < -0.3 is 4.74 Å². The summed E-state index contributed by atoms with van der Waals surface area (Å²) in [6.07, 6.45) is 6.04. The molecule has 0 aromatic carbocycles. The van der Waals surface area contributed by atoms with Crippen LogP contribution in [-0.4, -0.2) is 16.3 Å². The maximum atomic E-state index is 9.28. The van der Waals surface area contributed by atoms with Crippen LogP contribution in [0.2, 0.25) is 0 Å². The number of rotatable bonds is 3. The molecule has 2 rings (SSSR count). The Morgan fingerprint density at radius 3 is 2.68 bits per heavy atom. The molecule has 2 atom stereocenters. The quantitative estimate of drug-likeness (QED) is 0.835. The predicted octanol–water partition coefficient (Wildman–Crippen LogP) is 3.31. The van der Waals surface area contributed by atoms with E-state index in [0.29, 0.717) is 17.4 Å². The smallest absolute Gasteiger partial charge is 0.252 e. The highest BCUT2D eigenvalue weighted by Crippen LogP contribution is 2.31. The first-order valence-corrected chi connectivity index (χ1v) is 7.08. The highest BCUT2D eigenvalue weighted by molar-refractivity contribution is 5.44. The third kappa shape index (κ3) is 2.86. The highest BCUT2D eigenvalue weighted by atomic mass is 16.5. The molecule has 1 aliphatic carbocycles. The van der Waals surface area contributed by atoms with E-state index in [1.807, 2.05) is 13.8 Å². The molecule has 1 aromatic heterocycles. The molecule has 4 nitrogen and oxygen atoms in total. The zero-order valence-electron chi connectivity index (χ0n) is 11.9. The molecule has 4 heteroatoms. The van der Waals surface area contributed by atoms with Gasteiger partial charge in [0.1, 0.15) is 17.7 Å². The number of nitrogens with zero attached hydrogens (tertiary/aromatic N) is 3. The summed E-state index contributed by atoms with van der Waals surface area (Å²) in [4.78, 5) is 0. The number of hydrogen-bond donors (Lipinski definition) is 0. The molecular weight excluding hydrogens is 238 g/mol. The molecule has 0 bridgehead atoms. The lowest BCUT2D eigenvalue weighted by atomic mass is 9.85. The molecule has 0 spiro atoms. The van der Waals surface area contributed by atoms with Gasteiger partial charge in [0.2, 0.25) is 0 Å². The number of hydrogen-bond acceptors (Lipinski definition) is 4. The monoisotopic (exact) mass is 259 g/mol. The third-order valence-corrected chi connectivity index (χ3v) is 4.16. The lowest BCUT2D eigenvalue weighted by molar-refractivity contribution is 0.0843. The number of ether oxygens (including phenoxy) is 1. The highest BCUT2D eigenvalue weighted by Gasteiger charge is 2.27. The second kappa shape index (κ2) is 6.01. The zero-order chi connectivity index (χ0) is 13.8. The number of aryl methyl sites for hydroxylation is 1. The summed E-state index contributed by atoms with van der Waals surface area (Å²) in [6, 6.07) is 2.20. The first kappa shape index (κ1) is 13.8. The lowest BCUT2D eigenvalue weighted by Gasteiger charge is -2.30. The molecule has 1 heterocycles. The fourth-order valence-electron chi connectivity index (χ4n) is 2.74. The average Bonchev–Trinajstić information content (AvgIpc) is 2.44. The Morgan fingerprint density at radius 2 is 2.00 bits per heavy atom. The molecule has 0 amide bonds. The van der Waals surface area contributed by atoms with E-state index >= 15 is 0 Å². The van der Waals surface area contributed by atoms with Gasteiger partial charge in [-0.1, -0.05) is 13.3 Å². The molecule has 0 saturated heterocycles. The van der Waals surface area contributed by atoms with E-state index in [1.54, 1.807) is 0 Å². The molecule has 1 fully saturated rings. The van der Waals surface area contributed by atoms with Gasteiger partial charge in [0.15, 0.2) is 0 Å². The van der Waals surface area contributed by atoms with Crippen LogP contribution in [0, 0.1) is 31.1 Å². The van der Waals surface area contributed by atoms with Crippen LogP contribution >= 0.6 is 0 Å². The van der Waals surface area contributed by atoms with E-state index in [9.17, 15) is 5.26 Å². The number of nitriles is 1. The summed E-state index contributed by atoms with van der Waals surface area (Å²) < 4.78 is 6.02. The van der Waals surface area contributed by atoms with E-state index in [1.165, 1.54) is 19.3 Å². The third-order valence-electron chi connectivity index (χ3n) is 4.16. The molecule has 1 aliphatic rings. The molecule has 2 unspecified atom stereocenters. The van der Waals surface area contributed by atoms with E-state index in [0.717, 1.165) is 24.1 Å². The van der Waals surface area contributed by atoms with Crippen LogP contribution in [0.15, 0.2) is 0 Å². The van der Waals surface area contributed by atoms with Gasteiger partial charge in [0, 0.05) is 0 Å². The Hall–Kier alpha value is -1.63. The first-order chi connectivity index (χ1) is 9.17. The summed E-state index contributed by atoms with van der Waals surface area (Å²) in [5.74, 6) is 0.986. The topological polar surface area (TPSA) is 58.8 Å². The first-order valence-electron chi connectivity index (χ1n) is 7.08. The Morgan fingerprint density at radius 1 is 1.26 bits per heavy atom. The maximum absolute atomic E-state index is 9.28. The maximum Gasteiger partial charge on any atom is 0.252 e. The minimum absolute atomic E-state index is 0.183. The normalized spacial score (nSPS) is 22.8. The SMILES string of the molecule is CCC1CCCCC1Oc1nnc(C)c(C)c1C#N. The Labute approximate surface area is 114 Å². The molecule has 19 heavy (non-hydrogen) atoms. The van der Waals surface area contributed by atoms with Crippen LogP contribution in [0.25, 0.3) is 0 Å². The van der Waals surface area contributed by atoms with Crippen LogP contribution in [0.1, 0.15) is 55.8 Å². The van der Waals surface area contributed by atoms with Crippen LogP contribution < -0.4 is 4.74 Å². The summed E-state index contributed by atoms with van der Waals surface area (Å²) in [6.45, 7) is 5.96. The zero-order valence-corrected chi connectivity index (χ0v) is 11.9. The van der Waals surface area contributed by atoms with Crippen LogP contribution in [-0.2, 0) is 0 Å².